The molecule has 23 heavy (non-hydrogen) atoms. The van der Waals surface area contributed by atoms with Gasteiger partial charge in [-0.15, -0.1) is 0 Å². The van der Waals surface area contributed by atoms with E-state index in [1.54, 1.807) is 54.8 Å². The van der Waals surface area contributed by atoms with Gasteiger partial charge in [0.15, 0.2) is 0 Å². The zero-order valence-corrected chi connectivity index (χ0v) is 12.7. The highest BCUT2D eigenvalue weighted by molar-refractivity contribution is 6.06. The van der Waals surface area contributed by atoms with Crippen LogP contribution >= 0.6 is 0 Å². The van der Waals surface area contributed by atoms with Crippen LogP contribution in [0.2, 0.25) is 0 Å². The van der Waals surface area contributed by atoms with Gasteiger partial charge < -0.3 is 14.5 Å². The highest BCUT2D eigenvalue weighted by atomic mass is 16.5. The summed E-state index contributed by atoms with van der Waals surface area (Å²) in [6.45, 7) is 2.48. The van der Waals surface area contributed by atoms with Crippen LogP contribution in [-0.4, -0.2) is 12.5 Å². The Morgan fingerprint density at radius 3 is 2.74 bits per heavy atom. The van der Waals surface area contributed by atoms with Crippen molar-refractivity contribution in [2.45, 2.75) is 6.92 Å². The highest BCUT2D eigenvalue weighted by Gasteiger charge is 2.08. The lowest BCUT2D eigenvalue weighted by Gasteiger charge is -2.06. The minimum absolute atomic E-state index is 0.00157. The first-order chi connectivity index (χ1) is 11.2. The van der Waals surface area contributed by atoms with Gasteiger partial charge in [-0.2, -0.15) is 5.26 Å². The Labute approximate surface area is 134 Å². The maximum Gasteiger partial charge on any atom is 0.266 e. The number of allylic oxidation sites excluding steroid dienone is 2. The molecular weight excluding hydrogens is 292 g/mol. The van der Waals surface area contributed by atoms with Gasteiger partial charge in [0, 0.05) is 5.69 Å². The second-order valence-corrected chi connectivity index (χ2v) is 4.48. The zero-order chi connectivity index (χ0) is 16.5. The highest BCUT2D eigenvalue weighted by Crippen LogP contribution is 2.16. The second-order valence-electron chi connectivity index (χ2n) is 4.48. The number of ether oxygens (including phenoxy) is 1. The lowest BCUT2D eigenvalue weighted by atomic mass is 10.2. The van der Waals surface area contributed by atoms with Gasteiger partial charge in [-0.1, -0.05) is 6.08 Å². The lowest BCUT2D eigenvalue weighted by molar-refractivity contribution is -0.112. The number of anilines is 1. The number of amides is 1. The molecule has 5 heteroatoms. The van der Waals surface area contributed by atoms with Gasteiger partial charge in [-0.05, 0) is 55.5 Å². The molecule has 0 spiro atoms. The van der Waals surface area contributed by atoms with Crippen LogP contribution in [-0.2, 0) is 4.79 Å². The molecule has 5 nitrogen and oxygen atoms in total. The molecule has 1 amide bonds. The van der Waals surface area contributed by atoms with E-state index in [1.165, 1.54) is 6.08 Å². The largest absolute Gasteiger partial charge is 0.494 e. The predicted molar refractivity (Wildman–Crippen MR) is 87.7 cm³/mol. The summed E-state index contributed by atoms with van der Waals surface area (Å²) in [5.41, 5.74) is 0.594. The summed E-state index contributed by atoms with van der Waals surface area (Å²) in [5.74, 6) is 0.897. The van der Waals surface area contributed by atoms with Crippen LogP contribution in [0.3, 0.4) is 0 Å². The fourth-order valence-electron chi connectivity index (χ4n) is 1.79. The number of carbonyl (C=O) groups is 1. The van der Waals surface area contributed by atoms with Crippen molar-refractivity contribution in [3.8, 4) is 11.8 Å². The van der Waals surface area contributed by atoms with E-state index in [9.17, 15) is 4.79 Å². The van der Waals surface area contributed by atoms with E-state index < -0.39 is 5.91 Å². The standard InChI is InChI=1S/C18H16N2O3/c1-2-22-17-10-8-15(9-11-17)20-18(21)14(13-19)5-3-6-16-7-4-12-23-16/h3-12H,2H2,1H3,(H,20,21)/b6-3+,14-5-. The summed E-state index contributed by atoms with van der Waals surface area (Å²) in [7, 11) is 0. The molecule has 0 fully saturated rings. The van der Waals surface area contributed by atoms with Crippen LogP contribution in [0, 0.1) is 11.3 Å². The van der Waals surface area contributed by atoms with Gasteiger partial charge >= 0.3 is 0 Å². The molecule has 1 heterocycles. The van der Waals surface area contributed by atoms with Crippen LogP contribution in [0.15, 0.2) is 64.8 Å². The smallest absolute Gasteiger partial charge is 0.266 e. The molecule has 2 aromatic rings. The van der Waals surface area contributed by atoms with Crippen molar-refractivity contribution in [3.05, 3.63) is 66.1 Å². The SMILES string of the molecule is CCOc1ccc(NC(=O)/C(C#N)=C\C=C\c2ccco2)cc1. The van der Waals surface area contributed by atoms with Crippen molar-refractivity contribution < 1.29 is 13.9 Å². The molecule has 1 N–H and O–H groups in total. The molecule has 0 unspecified atom stereocenters. The molecule has 2 rings (SSSR count). The van der Waals surface area contributed by atoms with Crippen LogP contribution in [0.4, 0.5) is 5.69 Å². The number of rotatable bonds is 6. The molecule has 1 aromatic heterocycles. The van der Waals surface area contributed by atoms with Crippen molar-refractivity contribution in [1.29, 1.82) is 5.26 Å². The summed E-state index contributed by atoms with van der Waals surface area (Å²) >= 11 is 0. The maximum absolute atomic E-state index is 12.1. The average molecular weight is 308 g/mol. The summed E-state index contributed by atoms with van der Waals surface area (Å²) < 4.78 is 10.5. The molecule has 0 saturated heterocycles. The summed E-state index contributed by atoms with van der Waals surface area (Å²) in [6, 6.07) is 12.4. The molecule has 1 aromatic carbocycles. The third-order valence-corrected chi connectivity index (χ3v) is 2.85. The van der Waals surface area contributed by atoms with Crippen molar-refractivity contribution in [1.82, 2.24) is 0 Å². The minimum Gasteiger partial charge on any atom is -0.494 e. The predicted octanol–water partition coefficient (Wildman–Crippen LogP) is 3.78. The minimum atomic E-state index is -0.472. The number of nitrogens with zero attached hydrogens (tertiary/aromatic N) is 1. The number of nitriles is 1. The van der Waals surface area contributed by atoms with Crippen molar-refractivity contribution in [2.24, 2.45) is 0 Å². The van der Waals surface area contributed by atoms with Gasteiger partial charge in [0.2, 0.25) is 0 Å². The number of hydrogen-bond donors (Lipinski definition) is 1. The number of furan rings is 1. The summed E-state index contributed by atoms with van der Waals surface area (Å²) in [5, 5.41) is 11.8. The van der Waals surface area contributed by atoms with Crippen LogP contribution < -0.4 is 10.1 Å². The van der Waals surface area contributed by atoms with Crippen molar-refractivity contribution in [3.63, 3.8) is 0 Å². The summed E-state index contributed by atoms with van der Waals surface area (Å²) in [6.07, 6.45) is 6.25. The fraction of sp³-hybridized carbons (Fsp3) is 0.111. The maximum atomic E-state index is 12.1. The zero-order valence-electron chi connectivity index (χ0n) is 12.7. The second kappa shape index (κ2) is 8.25. The van der Waals surface area contributed by atoms with E-state index in [2.05, 4.69) is 5.32 Å². The van der Waals surface area contributed by atoms with Gasteiger partial charge in [0.1, 0.15) is 23.2 Å². The first-order valence-electron chi connectivity index (χ1n) is 7.09. The van der Waals surface area contributed by atoms with E-state index >= 15 is 0 Å². The van der Waals surface area contributed by atoms with Gasteiger partial charge in [-0.25, -0.2) is 0 Å². The Morgan fingerprint density at radius 1 is 1.35 bits per heavy atom. The Balaban J connectivity index is 2.00. The monoisotopic (exact) mass is 308 g/mol. The Morgan fingerprint density at radius 2 is 2.13 bits per heavy atom. The topological polar surface area (TPSA) is 75.3 Å². The Bertz CT molecular complexity index is 736. The number of hydrogen-bond acceptors (Lipinski definition) is 4. The van der Waals surface area contributed by atoms with Crippen molar-refractivity contribution >= 4 is 17.7 Å². The first kappa shape index (κ1) is 16.1. The third kappa shape index (κ3) is 4.90. The van der Waals surface area contributed by atoms with Crippen LogP contribution in [0.25, 0.3) is 6.08 Å². The number of carbonyl (C=O) groups excluding carboxylic acids is 1. The molecule has 0 atom stereocenters. The van der Waals surface area contributed by atoms with E-state index in [1.807, 2.05) is 13.0 Å². The third-order valence-electron chi connectivity index (χ3n) is 2.85. The molecular formula is C18H16N2O3. The van der Waals surface area contributed by atoms with E-state index in [4.69, 9.17) is 14.4 Å². The van der Waals surface area contributed by atoms with Gasteiger partial charge in [0.25, 0.3) is 5.91 Å². The van der Waals surface area contributed by atoms with Crippen LogP contribution in [0.1, 0.15) is 12.7 Å². The summed E-state index contributed by atoms with van der Waals surface area (Å²) in [4.78, 5) is 12.1. The van der Waals surface area contributed by atoms with Gasteiger partial charge in [-0.3, -0.25) is 4.79 Å². The fourth-order valence-corrected chi connectivity index (χ4v) is 1.79. The molecule has 116 valence electrons. The molecule has 0 radical (unpaired) electrons. The average Bonchev–Trinajstić information content (AvgIpc) is 3.07. The Hall–Kier alpha value is -3.26. The molecule has 0 aliphatic carbocycles. The quantitative estimate of drug-likeness (QED) is 0.500. The molecule has 0 bridgehead atoms. The van der Waals surface area contributed by atoms with Crippen molar-refractivity contribution in [2.75, 3.05) is 11.9 Å². The first-order valence-corrected chi connectivity index (χ1v) is 7.09. The van der Waals surface area contributed by atoms with Gasteiger partial charge in [0.05, 0.1) is 12.9 Å². The van der Waals surface area contributed by atoms with E-state index in [0.29, 0.717) is 18.1 Å². The molecule has 0 aliphatic rings. The number of nitrogens with one attached hydrogen (secondary N) is 1. The van der Waals surface area contributed by atoms with Crippen LogP contribution in [0.5, 0.6) is 5.75 Å². The molecule has 0 aliphatic heterocycles. The Kier molecular flexibility index (Phi) is 5.78. The number of benzene rings is 1. The van der Waals surface area contributed by atoms with E-state index in [-0.39, 0.29) is 5.57 Å². The lowest BCUT2D eigenvalue weighted by Crippen LogP contribution is -2.13. The normalized spacial score (nSPS) is 11.2. The molecule has 0 saturated carbocycles. The van der Waals surface area contributed by atoms with E-state index in [0.717, 1.165) is 5.75 Å².